The molecular weight excluding hydrogens is 238 g/mol. The van der Waals surface area contributed by atoms with Crippen LogP contribution in [0.1, 0.15) is 0 Å². The van der Waals surface area contributed by atoms with Gasteiger partial charge >= 0.3 is 0 Å². The Bertz CT molecular complexity index is 663. The molecule has 0 aliphatic carbocycles. The van der Waals surface area contributed by atoms with Crippen molar-refractivity contribution in [3.05, 3.63) is 28.6 Å². The number of aromatic amines is 2. The van der Waals surface area contributed by atoms with E-state index in [1.165, 1.54) is 11.8 Å². The van der Waals surface area contributed by atoms with Crippen LogP contribution in [0.3, 0.4) is 0 Å². The molecule has 0 unspecified atom stereocenters. The summed E-state index contributed by atoms with van der Waals surface area (Å²) < 4.78 is 0. The second kappa shape index (κ2) is 4.76. The van der Waals surface area contributed by atoms with Crippen LogP contribution in [0.25, 0.3) is 10.9 Å². The number of nitrogens with zero attached hydrogens (tertiary/aromatic N) is 2. The molecule has 7 heteroatoms. The molecule has 1 heterocycles. The fraction of sp³-hybridized carbons (Fsp3) is 0.100. The van der Waals surface area contributed by atoms with Crippen LogP contribution < -0.4 is 10.9 Å². The quantitative estimate of drug-likeness (QED) is 0.306. The molecular formula is C10H9N5OS. The molecule has 17 heavy (non-hydrogen) atoms. The van der Waals surface area contributed by atoms with Crippen LogP contribution in [0.15, 0.2) is 28.0 Å². The van der Waals surface area contributed by atoms with Gasteiger partial charge in [-0.15, -0.1) is 0 Å². The molecule has 0 amide bonds. The topological polar surface area (TPSA) is 96.8 Å². The van der Waals surface area contributed by atoms with Gasteiger partial charge in [0.15, 0.2) is 11.4 Å². The molecule has 0 radical (unpaired) electrons. The first kappa shape index (κ1) is 11.3. The maximum Gasteiger partial charge on any atom is 0.271 e. The molecule has 0 saturated heterocycles. The number of fused-ring (bicyclic) bond motifs is 1. The van der Waals surface area contributed by atoms with E-state index in [1.807, 2.05) is 12.4 Å². The first-order valence-corrected chi connectivity index (χ1v) is 5.95. The number of H-pyrrole nitrogens is 2. The molecule has 1 aromatic heterocycles. The van der Waals surface area contributed by atoms with Crippen molar-refractivity contribution in [2.75, 3.05) is 6.26 Å². The van der Waals surface area contributed by atoms with Gasteiger partial charge in [-0.1, -0.05) is 11.8 Å². The Morgan fingerprint density at radius 1 is 1.53 bits per heavy atom. The van der Waals surface area contributed by atoms with Crippen molar-refractivity contribution in [3.63, 3.8) is 0 Å². The van der Waals surface area contributed by atoms with Crippen LogP contribution >= 0.6 is 11.8 Å². The molecule has 86 valence electrons. The molecule has 1 aromatic carbocycles. The Labute approximate surface area is 101 Å². The minimum absolute atomic E-state index is 0.157. The van der Waals surface area contributed by atoms with Gasteiger partial charge in [-0.05, 0) is 24.5 Å². The van der Waals surface area contributed by atoms with Crippen molar-refractivity contribution in [1.82, 2.24) is 15.5 Å². The second-order valence-corrected chi connectivity index (χ2v) is 3.96. The van der Waals surface area contributed by atoms with Gasteiger partial charge in [-0.3, -0.25) is 20.3 Å². The third-order valence-corrected chi connectivity index (χ3v) is 2.73. The van der Waals surface area contributed by atoms with Crippen LogP contribution in [0, 0.1) is 11.5 Å². The molecule has 2 aromatic rings. The third kappa shape index (κ3) is 2.32. The van der Waals surface area contributed by atoms with Crippen LogP contribution in [0.2, 0.25) is 0 Å². The van der Waals surface area contributed by atoms with Gasteiger partial charge in [0.1, 0.15) is 0 Å². The van der Waals surface area contributed by atoms with Gasteiger partial charge in [0.05, 0.1) is 16.6 Å². The van der Waals surface area contributed by atoms with Crippen molar-refractivity contribution in [3.8, 4) is 6.19 Å². The minimum Gasteiger partial charge on any atom is -0.297 e. The normalized spacial score (nSPS) is 11.4. The summed E-state index contributed by atoms with van der Waals surface area (Å²) in [5, 5.41) is 17.3. The highest BCUT2D eigenvalue weighted by atomic mass is 32.2. The number of benzene rings is 1. The van der Waals surface area contributed by atoms with E-state index in [4.69, 9.17) is 5.26 Å². The summed E-state index contributed by atoms with van der Waals surface area (Å²) in [6.45, 7) is 0. The lowest BCUT2D eigenvalue weighted by Crippen LogP contribution is -2.12. The predicted molar refractivity (Wildman–Crippen MR) is 68.3 cm³/mol. The molecule has 0 fully saturated rings. The van der Waals surface area contributed by atoms with Crippen LogP contribution in [0.5, 0.6) is 0 Å². The molecule has 0 saturated carbocycles. The van der Waals surface area contributed by atoms with Crippen LogP contribution in [-0.2, 0) is 0 Å². The molecule has 2 rings (SSSR count). The Hall–Kier alpha value is -2.20. The average molecular weight is 247 g/mol. The van der Waals surface area contributed by atoms with Gasteiger partial charge in [0, 0.05) is 0 Å². The number of nitrogens with one attached hydrogen (secondary N) is 3. The van der Waals surface area contributed by atoms with Crippen LogP contribution in [-0.4, -0.2) is 21.6 Å². The van der Waals surface area contributed by atoms with E-state index in [0.717, 1.165) is 0 Å². The highest BCUT2D eigenvalue weighted by Gasteiger charge is 2.02. The number of rotatable bonds is 1. The van der Waals surface area contributed by atoms with Crippen molar-refractivity contribution in [1.29, 1.82) is 5.26 Å². The highest BCUT2D eigenvalue weighted by Crippen LogP contribution is 2.18. The zero-order chi connectivity index (χ0) is 12.3. The number of thioether (sulfide) groups is 1. The van der Waals surface area contributed by atoms with Crippen molar-refractivity contribution in [2.24, 2.45) is 4.99 Å². The van der Waals surface area contributed by atoms with E-state index < -0.39 is 0 Å². The standard InChI is InChI=1S/C10H9N5OS/c1-17-10(12-5-11)13-6-2-3-7-8(4-6)14-15-9(7)16/h2-4H,1H3,(H,12,13)(H2,14,15,16). The Morgan fingerprint density at radius 2 is 2.35 bits per heavy atom. The van der Waals surface area contributed by atoms with Gasteiger partial charge < -0.3 is 0 Å². The van der Waals surface area contributed by atoms with E-state index in [9.17, 15) is 4.79 Å². The smallest absolute Gasteiger partial charge is 0.271 e. The van der Waals surface area contributed by atoms with E-state index in [0.29, 0.717) is 21.8 Å². The molecule has 0 bridgehead atoms. The number of hydrogen-bond donors (Lipinski definition) is 3. The zero-order valence-electron chi connectivity index (χ0n) is 8.94. The maximum atomic E-state index is 11.3. The lowest BCUT2D eigenvalue weighted by molar-refractivity contribution is 1.08. The fourth-order valence-electron chi connectivity index (χ4n) is 1.38. The number of nitriles is 1. The van der Waals surface area contributed by atoms with Crippen molar-refractivity contribution in [2.45, 2.75) is 0 Å². The van der Waals surface area contributed by atoms with Gasteiger partial charge in [0.2, 0.25) is 0 Å². The zero-order valence-corrected chi connectivity index (χ0v) is 9.76. The van der Waals surface area contributed by atoms with Gasteiger partial charge in [-0.25, -0.2) is 4.99 Å². The molecule has 0 aliphatic rings. The van der Waals surface area contributed by atoms with E-state index in [1.54, 1.807) is 18.2 Å². The summed E-state index contributed by atoms with van der Waals surface area (Å²) in [5.74, 6) is 0. The summed E-state index contributed by atoms with van der Waals surface area (Å²) in [5.41, 5.74) is 1.20. The van der Waals surface area contributed by atoms with E-state index in [-0.39, 0.29) is 5.56 Å². The number of aliphatic imine (C=N–C) groups is 1. The Morgan fingerprint density at radius 3 is 3.06 bits per heavy atom. The number of hydrogen-bond acceptors (Lipinski definition) is 4. The summed E-state index contributed by atoms with van der Waals surface area (Å²) >= 11 is 1.34. The Kier molecular flexibility index (Phi) is 3.16. The monoisotopic (exact) mass is 247 g/mol. The second-order valence-electron chi connectivity index (χ2n) is 3.17. The summed E-state index contributed by atoms with van der Waals surface area (Å²) in [6, 6.07) is 5.15. The number of amidine groups is 1. The first-order valence-electron chi connectivity index (χ1n) is 4.73. The van der Waals surface area contributed by atoms with E-state index in [2.05, 4.69) is 20.5 Å². The van der Waals surface area contributed by atoms with Crippen molar-refractivity contribution < 1.29 is 0 Å². The minimum atomic E-state index is -0.157. The first-order chi connectivity index (χ1) is 8.24. The highest BCUT2D eigenvalue weighted by molar-refractivity contribution is 8.13. The molecule has 0 spiro atoms. The van der Waals surface area contributed by atoms with Gasteiger partial charge in [0.25, 0.3) is 5.56 Å². The molecule has 0 atom stereocenters. The maximum absolute atomic E-state index is 11.3. The molecule has 6 nitrogen and oxygen atoms in total. The van der Waals surface area contributed by atoms with Crippen LogP contribution in [0.4, 0.5) is 5.69 Å². The average Bonchev–Trinajstić information content (AvgIpc) is 2.70. The van der Waals surface area contributed by atoms with E-state index >= 15 is 0 Å². The largest absolute Gasteiger partial charge is 0.297 e. The third-order valence-electron chi connectivity index (χ3n) is 2.15. The lowest BCUT2D eigenvalue weighted by Gasteiger charge is -1.99. The summed E-state index contributed by atoms with van der Waals surface area (Å²) in [4.78, 5) is 15.5. The Balaban J connectivity index is 2.43. The number of aromatic nitrogens is 2. The van der Waals surface area contributed by atoms with Crippen molar-refractivity contribution >= 4 is 33.5 Å². The van der Waals surface area contributed by atoms with Gasteiger partial charge in [-0.2, -0.15) is 5.26 Å². The molecule has 3 N–H and O–H groups in total. The SMILES string of the molecule is CSC(=Nc1ccc2c(=O)[nH][nH]c2c1)NC#N. The summed E-state index contributed by atoms with van der Waals surface area (Å²) in [7, 11) is 0. The predicted octanol–water partition coefficient (Wildman–Crippen LogP) is 1.28. The molecule has 0 aliphatic heterocycles. The lowest BCUT2D eigenvalue weighted by atomic mass is 10.2. The fourth-order valence-corrected chi connectivity index (χ4v) is 1.73. The summed E-state index contributed by atoms with van der Waals surface area (Å²) in [6.07, 6.45) is 3.63.